The maximum absolute atomic E-state index is 12.1. The Labute approximate surface area is 101 Å². The van der Waals surface area contributed by atoms with Crippen LogP contribution < -0.4 is 10.6 Å². The molecule has 1 saturated heterocycles. The van der Waals surface area contributed by atoms with Crippen LogP contribution in [-0.4, -0.2) is 49.9 Å². The van der Waals surface area contributed by atoms with E-state index in [9.17, 15) is 9.59 Å². The van der Waals surface area contributed by atoms with Crippen molar-refractivity contribution in [1.82, 2.24) is 15.5 Å². The van der Waals surface area contributed by atoms with Crippen LogP contribution in [0.25, 0.3) is 0 Å². The largest absolute Gasteiger partial charge is 0.358 e. The predicted molar refractivity (Wildman–Crippen MR) is 62.4 cm³/mol. The first-order valence-electron chi connectivity index (χ1n) is 5.43. The molecule has 0 unspecified atom stereocenters. The van der Waals surface area contributed by atoms with Crippen LogP contribution in [-0.2, 0) is 9.59 Å². The van der Waals surface area contributed by atoms with Crippen molar-refractivity contribution < 1.29 is 9.59 Å². The summed E-state index contributed by atoms with van der Waals surface area (Å²) in [6, 6.07) is 0. The van der Waals surface area contributed by atoms with E-state index in [-0.39, 0.29) is 24.2 Å². The lowest BCUT2D eigenvalue weighted by Gasteiger charge is -2.30. The first kappa shape index (κ1) is 13.3. The number of hydrogen-bond acceptors (Lipinski definition) is 3. The van der Waals surface area contributed by atoms with Gasteiger partial charge in [0.2, 0.25) is 11.8 Å². The lowest BCUT2D eigenvalue weighted by Crippen LogP contribution is -2.51. The second-order valence-corrected chi connectivity index (χ2v) is 4.20. The van der Waals surface area contributed by atoms with Crippen LogP contribution in [0.1, 0.15) is 12.8 Å². The Balaban J connectivity index is 0.00000128. The Hall–Kier alpha value is -0.810. The zero-order valence-electron chi connectivity index (χ0n) is 9.41. The molecule has 0 aromatic carbocycles. The van der Waals surface area contributed by atoms with Crippen molar-refractivity contribution in [3.8, 4) is 0 Å². The Morgan fingerprint density at radius 2 is 1.81 bits per heavy atom. The SMILES string of the molecule is CNC(=O)C1(C(=O)N2CCNCC2)CC1.Cl. The van der Waals surface area contributed by atoms with Gasteiger partial charge < -0.3 is 15.5 Å². The van der Waals surface area contributed by atoms with E-state index < -0.39 is 5.41 Å². The molecule has 0 atom stereocenters. The number of carbonyl (C=O) groups excluding carboxylic acids is 2. The van der Waals surface area contributed by atoms with Crippen molar-refractivity contribution in [3.05, 3.63) is 0 Å². The normalized spacial score (nSPS) is 21.9. The number of piperazine rings is 1. The minimum atomic E-state index is -0.716. The minimum Gasteiger partial charge on any atom is -0.358 e. The summed E-state index contributed by atoms with van der Waals surface area (Å²) in [5.74, 6) is -0.102. The van der Waals surface area contributed by atoms with Gasteiger partial charge in [0, 0.05) is 33.2 Å². The molecular weight excluding hydrogens is 230 g/mol. The highest BCUT2D eigenvalue weighted by molar-refractivity contribution is 6.07. The standard InChI is InChI=1S/C10H17N3O2.ClH/c1-11-8(14)10(2-3-10)9(15)13-6-4-12-5-7-13;/h12H,2-7H2,1H3,(H,11,14);1H. The van der Waals surface area contributed by atoms with E-state index in [1.54, 1.807) is 11.9 Å². The van der Waals surface area contributed by atoms with E-state index in [0.29, 0.717) is 12.8 Å². The third kappa shape index (κ3) is 2.15. The Morgan fingerprint density at radius 1 is 1.25 bits per heavy atom. The van der Waals surface area contributed by atoms with Crippen molar-refractivity contribution in [2.75, 3.05) is 33.2 Å². The summed E-state index contributed by atoms with van der Waals surface area (Å²) in [5, 5.41) is 5.78. The highest BCUT2D eigenvalue weighted by Gasteiger charge is 2.57. The fourth-order valence-electron chi connectivity index (χ4n) is 2.07. The molecule has 0 radical (unpaired) electrons. The van der Waals surface area contributed by atoms with Gasteiger partial charge in [-0.1, -0.05) is 0 Å². The molecular formula is C10H18ClN3O2. The molecule has 16 heavy (non-hydrogen) atoms. The van der Waals surface area contributed by atoms with Gasteiger partial charge in [0.1, 0.15) is 5.41 Å². The maximum atomic E-state index is 12.1. The average molecular weight is 248 g/mol. The van der Waals surface area contributed by atoms with E-state index in [4.69, 9.17) is 0 Å². The van der Waals surface area contributed by atoms with Gasteiger partial charge in [-0.05, 0) is 12.8 Å². The third-order valence-electron chi connectivity index (χ3n) is 3.23. The van der Waals surface area contributed by atoms with Gasteiger partial charge in [0.05, 0.1) is 0 Å². The van der Waals surface area contributed by atoms with Gasteiger partial charge in [-0.2, -0.15) is 0 Å². The monoisotopic (exact) mass is 247 g/mol. The Kier molecular flexibility index (Phi) is 4.15. The molecule has 2 aliphatic rings. The molecule has 5 nitrogen and oxygen atoms in total. The van der Waals surface area contributed by atoms with Gasteiger partial charge in [0.25, 0.3) is 0 Å². The molecule has 2 N–H and O–H groups in total. The first-order chi connectivity index (χ1) is 7.20. The fraction of sp³-hybridized carbons (Fsp3) is 0.800. The molecule has 1 saturated carbocycles. The van der Waals surface area contributed by atoms with Gasteiger partial charge in [-0.15, -0.1) is 12.4 Å². The lowest BCUT2D eigenvalue weighted by atomic mass is 10.0. The molecule has 1 aliphatic heterocycles. The van der Waals surface area contributed by atoms with Crippen LogP contribution in [0.15, 0.2) is 0 Å². The summed E-state index contributed by atoms with van der Waals surface area (Å²) in [6.07, 6.45) is 1.41. The van der Waals surface area contributed by atoms with Gasteiger partial charge in [-0.3, -0.25) is 9.59 Å². The lowest BCUT2D eigenvalue weighted by molar-refractivity contribution is -0.144. The van der Waals surface area contributed by atoms with E-state index in [0.717, 1.165) is 26.2 Å². The van der Waals surface area contributed by atoms with E-state index in [2.05, 4.69) is 10.6 Å². The Morgan fingerprint density at radius 3 is 2.25 bits per heavy atom. The van der Waals surface area contributed by atoms with Gasteiger partial charge in [0.15, 0.2) is 0 Å². The number of halogens is 1. The summed E-state index contributed by atoms with van der Waals surface area (Å²) in [7, 11) is 1.59. The number of hydrogen-bond donors (Lipinski definition) is 2. The molecule has 0 spiro atoms. The maximum Gasteiger partial charge on any atom is 0.238 e. The number of nitrogens with zero attached hydrogens (tertiary/aromatic N) is 1. The van der Waals surface area contributed by atoms with Crippen molar-refractivity contribution in [2.24, 2.45) is 5.41 Å². The molecule has 6 heteroatoms. The second kappa shape index (κ2) is 5.01. The van der Waals surface area contributed by atoms with Crippen molar-refractivity contribution in [3.63, 3.8) is 0 Å². The highest BCUT2D eigenvalue weighted by atomic mass is 35.5. The van der Waals surface area contributed by atoms with Crippen LogP contribution >= 0.6 is 12.4 Å². The van der Waals surface area contributed by atoms with Gasteiger partial charge >= 0.3 is 0 Å². The highest BCUT2D eigenvalue weighted by Crippen LogP contribution is 2.47. The topological polar surface area (TPSA) is 61.4 Å². The summed E-state index contributed by atoms with van der Waals surface area (Å²) in [5.41, 5.74) is -0.716. The van der Waals surface area contributed by atoms with E-state index >= 15 is 0 Å². The summed E-state index contributed by atoms with van der Waals surface area (Å²) < 4.78 is 0. The van der Waals surface area contributed by atoms with Gasteiger partial charge in [-0.25, -0.2) is 0 Å². The average Bonchev–Trinajstić information content (AvgIpc) is 3.09. The first-order valence-corrected chi connectivity index (χ1v) is 5.43. The Bertz CT molecular complexity index is 286. The van der Waals surface area contributed by atoms with Crippen LogP contribution in [0.2, 0.25) is 0 Å². The number of rotatable bonds is 2. The minimum absolute atomic E-state index is 0. The summed E-state index contributed by atoms with van der Waals surface area (Å²) in [6.45, 7) is 3.10. The van der Waals surface area contributed by atoms with Crippen molar-refractivity contribution >= 4 is 24.2 Å². The van der Waals surface area contributed by atoms with E-state index in [1.807, 2.05) is 0 Å². The number of nitrogens with one attached hydrogen (secondary N) is 2. The van der Waals surface area contributed by atoms with E-state index in [1.165, 1.54) is 0 Å². The number of amides is 2. The molecule has 2 fully saturated rings. The van der Waals surface area contributed by atoms with Crippen LogP contribution in [0.5, 0.6) is 0 Å². The molecule has 2 amide bonds. The predicted octanol–water partition coefficient (Wildman–Crippen LogP) is -0.634. The quantitative estimate of drug-likeness (QED) is 0.639. The third-order valence-corrected chi connectivity index (χ3v) is 3.23. The second-order valence-electron chi connectivity index (χ2n) is 4.20. The summed E-state index contributed by atoms with van der Waals surface area (Å²) >= 11 is 0. The van der Waals surface area contributed by atoms with Crippen LogP contribution in [0.3, 0.4) is 0 Å². The molecule has 92 valence electrons. The molecule has 0 bridgehead atoms. The molecule has 0 aromatic rings. The van der Waals surface area contributed by atoms with Crippen LogP contribution in [0, 0.1) is 5.41 Å². The zero-order chi connectivity index (χ0) is 10.9. The fourth-order valence-corrected chi connectivity index (χ4v) is 2.07. The van der Waals surface area contributed by atoms with Crippen LogP contribution in [0.4, 0.5) is 0 Å². The molecule has 2 rings (SSSR count). The van der Waals surface area contributed by atoms with Crippen molar-refractivity contribution in [1.29, 1.82) is 0 Å². The smallest absolute Gasteiger partial charge is 0.238 e. The number of carbonyl (C=O) groups is 2. The molecule has 1 heterocycles. The summed E-state index contributed by atoms with van der Waals surface area (Å²) in [4.78, 5) is 25.5. The van der Waals surface area contributed by atoms with Crippen molar-refractivity contribution in [2.45, 2.75) is 12.8 Å². The zero-order valence-corrected chi connectivity index (χ0v) is 10.2. The molecule has 0 aromatic heterocycles. The molecule has 1 aliphatic carbocycles.